The molecule has 130 valence electrons. The molecule has 2 aromatic heterocycles. The van der Waals surface area contributed by atoms with Gasteiger partial charge in [-0.3, -0.25) is 0 Å². The number of halogens is 1. The van der Waals surface area contributed by atoms with Crippen LogP contribution in [0.5, 0.6) is 5.88 Å². The molecular formula is C16H14BrN3O3S2. The Morgan fingerprint density at radius 2 is 1.88 bits per heavy atom. The first-order valence-electron chi connectivity index (χ1n) is 7.30. The first-order chi connectivity index (χ1) is 12.0. The lowest BCUT2D eigenvalue weighted by Gasteiger charge is -2.08. The number of sulfonamides is 1. The van der Waals surface area contributed by atoms with E-state index in [0.717, 1.165) is 15.0 Å². The average molecular weight is 440 g/mol. The molecule has 0 atom stereocenters. The molecule has 2 heterocycles. The van der Waals surface area contributed by atoms with Crippen LogP contribution in [-0.2, 0) is 10.0 Å². The van der Waals surface area contributed by atoms with E-state index in [0.29, 0.717) is 5.88 Å². The third kappa shape index (κ3) is 4.85. The summed E-state index contributed by atoms with van der Waals surface area (Å²) in [7, 11) is -3.55. The molecule has 0 unspecified atom stereocenters. The van der Waals surface area contributed by atoms with Gasteiger partial charge in [-0.1, -0.05) is 22.0 Å². The second kappa shape index (κ2) is 8.05. The van der Waals surface area contributed by atoms with Gasteiger partial charge in [0, 0.05) is 17.1 Å². The Labute approximate surface area is 158 Å². The number of benzene rings is 1. The Balaban J connectivity index is 1.50. The highest BCUT2D eigenvalue weighted by Crippen LogP contribution is 2.22. The largest absolute Gasteiger partial charge is 0.475 e. The first-order valence-corrected chi connectivity index (χ1v) is 10.5. The summed E-state index contributed by atoms with van der Waals surface area (Å²) in [4.78, 5) is 1.23. The van der Waals surface area contributed by atoms with Crippen molar-refractivity contribution in [3.63, 3.8) is 0 Å². The highest BCUT2D eigenvalue weighted by Gasteiger charge is 2.13. The van der Waals surface area contributed by atoms with Crippen LogP contribution in [0.25, 0.3) is 10.6 Å². The molecule has 0 aliphatic carbocycles. The fourth-order valence-electron chi connectivity index (χ4n) is 1.98. The molecule has 0 radical (unpaired) electrons. The van der Waals surface area contributed by atoms with Crippen LogP contribution < -0.4 is 9.46 Å². The number of aromatic nitrogens is 2. The zero-order chi connectivity index (χ0) is 17.7. The Bertz CT molecular complexity index is 912. The second-order valence-corrected chi connectivity index (χ2v) is 8.56. The van der Waals surface area contributed by atoms with Gasteiger partial charge < -0.3 is 4.74 Å². The molecule has 3 aromatic rings. The topological polar surface area (TPSA) is 81.2 Å². The van der Waals surface area contributed by atoms with Crippen LogP contribution in [-0.4, -0.2) is 31.8 Å². The molecule has 3 rings (SSSR count). The van der Waals surface area contributed by atoms with Crippen molar-refractivity contribution in [3.8, 4) is 16.5 Å². The van der Waals surface area contributed by atoms with E-state index in [2.05, 4.69) is 30.8 Å². The van der Waals surface area contributed by atoms with Crippen LogP contribution in [0.2, 0.25) is 0 Å². The summed E-state index contributed by atoms with van der Waals surface area (Å²) in [6.45, 7) is 0.287. The van der Waals surface area contributed by atoms with Gasteiger partial charge in [-0.15, -0.1) is 21.5 Å². The Hall–Kier alpha value is -1.81. The lowest BCUT2D eigenvalue weighted by molar-refractivity contribution is 0.307. The van der Waals surface area contributed by atoms with E-state index in [-0.39, 0.29) is 18.0 Å². The van der Waals surface area contributed by atoms with E-state index in [1.165, 1.54) is 12.1 Å². The normalized spacial score (nSPS) is 11.4. The lowest BCUT2D eigenvalue weighted by atomic mass is 10.3. The van der Waals surface area contributed by atoms with Crippen LogP contribution in [0.15, 0.2) is 63.3 Å². The molecule has 0 saturated carbocycles. The van der Waals surface area contributed by atoms with E-state index < -0.39 is 10.0 Å². The van der Waals surface area contributed by atoms with Gasteiger partial charge in [-0.05, 0) is 41.8 Å². The maximum atomic E-state index is 12.1. The van der Waals surface area contributed by atoms with Gasteiger partial charge >= 0.3 is 0 Å². The fourth-order valence-corrected chi connectivity index (χ4v) is 3.95. The third-order valence-corrected chi connectivity index (χ3v) is 6.08. The summed E-state index contributed by atoms with van der Waals surface area (Å²) < 4.78 is 33.0. The van der Waals surface area contributed by atoms with Gasteiger partial charge in [0.25, 0.3) is 0 Å². The van der Waals surface area contributed by atoms with Gasteiger partial charge in [0.05, 0.1) is 9.77 Å². The SMILES string of the molecule is O=S(=O)(NCCOc1ccc(-c2cccs2)nn1)c1ccc(Br)cc1. The summed E-state index contributed by atoms with van der Waals surface area (Å²) in [6, 6.07) is 13.9. The zero-order valence-electron chi connectivity index (χ0n) is 12.9. The molecule has 0 aliphatic heterocycles. The molecule has 1 N–H and O–H groups in total. The zero-order valence-corrected chi connectivity index (χ0v) is 16.1. The van der Waals surface area contributed by atoms with Gasteiger partial charge in [0.2, 0.25) is 15.9 Å². The van der Waals surface area contributed by atoms with Crippen LogP contribution in [0.4, 0.5) is 0 Å². The van der Waals surface area contributed by atoms with Gasteiger partial charge in [0.15, 0.2) is 0 Å². The number of rotatable bonds is 7. The monoisotopic (exact) mass is 439 g/mol. The summed E-state index contributed by atoms with van der Waals surface area (Å²) in [5, 5.41) is 10.1. The smallest absolute Gasteiger partial charge is 0.240 e. The molecule has 0 spiro atoms. The van der Waals surface area contributed by atoms with Crippen molar-refractivity contribution >= 4 is 37.3 Å². The summed E-state index contributed by atoms with van der Waals surface area (Å²) >= 11 is 4.85. The predicted octanol–water partition coefficient (Wildman–Crippen LogP) is 3.32. The molecule has 0 bridgehead atoms. The highest BCUT2D eigenvalue weighted by molar-refractivity contribution is 9.10. The molecule has 25 heavy (non-hydrogen) atoms. The van der Waals surface area contributed by atoms with E-state index in [1.54, 1.807) is 29.5 Å². The number of hydrogen-bond acceptors (Lipinski definition) is 6. The van der Waals surface area contributed by atoms with E-state index >= 15 is 0 Å². The van der Waals surface area contributed by atoms with E-state index in [4.69, 9.17) is 4.74 Å². The summed E-state index contributed by atoms with van der Waals surface area (Å²) in [6.07, 6.45) is 0. The van der Waals surface area contributed by atoms with Crippen molar-refractivity contribution in [1.82, 2.24) is 14.9 Å². The molecular weight excluding hydrogens is 426 g/mol. The van der Waals surface area contributed by atoms with Crippen molar-refractivity contribution < 1.29 is 13.2 Å². The Morgan fingerprint density at radius 1 is 1.08 bits per heavy atom. The van der Waals surface area contributed by atoms with Crippen molar-refractivity contribution in [1.29, 1.82) is 0 Å². The van der Waals surface area contributed by atoms with Crippen molar-refractivity contribution in [2.75, 3.05) is 13.2 Å². The van der Waals surface area contributed by atoms with Crippen LogP contribution in [0.1, 0.15) is 0 Å². The van der Waals surface area contributed by atoms with Crippen molar-refractivity contribution in [3.05, 3.63) is 58.4 Å². The van der Waals surface area contributed by atoms with Crippen LogP contribution in [0.3, 0.4) is 0 Å². The maximum Gasteiger partial charge on any atom is 0.240 e. The van der Waals surface area contributed by atoms with Gasteiger partial charge in [-0.2, -0.15) is 0 Å². The first kappa shape index (κ1) is 18.0. The number of ether oxygens (including phenoxy) is 1. The summed E-state index contributed by atoms with van der Waals surface area (Å²) in [5.41, 5.74) is 0.776. The molecule has 1 aromatic carbocycles. The highest BCUT2D eigenvalue weighted by atomic mass is 79.9. The van der Waals surface area contributed by atoms with Crippen LogP contribution >= 0.6 is 27.3 Å². The predicted molar refractivity (Wildman–Crippen MR) is 100 cm³/mol. The standard InChI is InChI=1S/C16H14BrN3O3S2/c17-12-3-5-13(6-4-12)25(21,22)18-9-10-23-16-8-7-14(19-20-16)15-2-1-11-24-15/h1-8,11,18H,9-10H2. The maximum absolute atomic E-state index is 12.1. The lowest BCUT2D eigenvalue weighted by Crippen LogP contribution is -2.28. The van der Waals surface area contributed by atoms with Crippen LogP contribution in [0, 0.1) is 0 Å². The Kier molecular flexibility index (Phi) is 5.79. The minimum absolute atomic E-state index is 0.132. The number of nitrogens with one attached hydrogen (secondary N) is 1. The minimum Gasteiger partial charge on any atom is -0.475 e. The average Bonchev–Trinajstić information content (AvgIpc) is 3.14. The third-order valence-electron chi connectivity index (χ3n) is 3.18. The minimum atomic E-state index is -3.55. The van der Waals surface area contributed by atoms with Gasteiger partial charge in [-0.25, -0.2) is 13.1 Å². The second-order valence-electron chi connectivity index (χ2n) is 4.93. The molecule has 0 fully saturated rings. The van der Waals surface area contributed by atoms with Gasteiger partial charge in [0.1, 0.15) is 12.3 Å². The molecule has 0 amide bonds. The van der Waals surface area contributed by atoms with E-state index in [9.17, 15) is 8.42 Å². The molecule has 0 aliphatic rings. The Morgan fingerprint density at radius 3 is 2.52 bits per heavy atom. The summed E-state index contributed by atoms with van der Waals surface area (Å²) in [5.74, 6) is 0.350. The fraction of sp³-hybridized carbons (Fsp3) is 0.125. The number of hydrogen-bond donors (Lipinski definition) is 1. The molecule has 6 nitrogen and oxygen atoms in total. The van der Waals surface area contributed by atoms with E-state index in [1.807, 2.05) is 23.6 Å². The van der Waals surface area contributed by atoms with Crippen molar-refractivity contribution in [2.45, 2.75) is 4.90 Å². The number of nitrogens with zero attached hydrogens (tertiary/aromatic N) is 2. The molecule has 9 heteroatoms. The number of thiophene rings is 1. The molecule has 0 saturated heterocycles. The quantitative estimate of drug-likeness (QED) is 0.570. The van der Waals surface area contributed by atoms with Crippen molar-refractivity contribution in [2.24, 2.45) is 0 Å².